The van der Waals surface area contributed by atoms with Crippen LogP contribution in [-0.4, -0.2) is 48.2 Å². The van der Waals surface area contributed by atoms with E-state index in [2.05, 4.69) is 34.1 Å². The summed E-state index contributed by atoms with van der Waals surface area (Å²) in [5.41, 5.74) is 4.49. The summed E-state index contributed by atoms with van der Waals surface area (Å²) in [7, 11) is 0. The van der Waals surface area contributed by atoms with Gasteiger partial charge in [-0.2, -0.15) is 0 Å². The van der Waals surface area contributed by atoms with Crippen molar-refractivity contribution in [1.82, 2.24) is 4.90 Å². The van der Waals surface area contributed by atoms with Crippen molar-refractivity contribution >= 4 is 11.7 Å². The maximum absolute atomic E-state index is 11.0. The Labute approximate surface area is 142 Å². The normalized spacial score (nSPS) is 18.6. The summed E-state index contributed by atoms with van der Waals surface area (Å²) in [6.07, 6.45) is 2.34. The SMILES string of the molecule is O=C(O)c1ccc(N2CCN(C3Cc4ccccc4C3)CC2)cc1. The third kappa shape index (κ3) is 2.89. The van der Waals surface area contributed by atoms with Crippen molar-refractivity contribution in [2.24, 2.45) is 0 Å². The quantitative estimate of drug-likeness (QED) is 0.943. The third-order valence-corrected chi connectivity index (χ3v) is 5.34. The van der Waals surface area contributed by atoms with Crippen LogP contribution in [-0.2, 0) is 12.8 Å². The molecule has 1 N–H and O–H groups in total. The predicted octanol–water partition coefficient (Wildman–Crippen LogP) is 2.67. The van der Waals surface area contributed by atoms with E-state index in [-0.39, 0.29) is 0 Å². The van der Waals surface area contributed by atoms with Crippen molar-refractivity contribution < 1.29 is 9.90 Å². The molecule has 1 aliphatic heterocycles. The zero-order valence-electron chi connectivity index (χ0n) is 13.7. The molecule has 1 saturated heterocycles. The minimum Gasteiger partial charge on any atom is -0.478 e. The highest BCUT2D eigenvalue weighted by Gasteiger charge is 2.29. The lowest BCUT2D eigenvalue weighted by atomic mass is 10.1. The molecule has 0 spiro atoms. The van der Waals surface area contributed by atoms with Crippen molar-refractivity contribution in [3.05, 3.63) is 65.2 Å². The molecule has 2 aromatic carbocycles. The van der Waals surface area contributed by atoms with Crippen molar-refractivity contribution in [1.29, 1.82) is 0 Å². The van der Waals surface area contributed by atoms with Gasteiger partial charge in [-0.05, 0) is 48.2 Å². The van der Waals surface area contributed by atoms with Crippen LogP contribution in [0.5, 0.6) is 0 Å². The van der Waals surface area contributed by atoms with E-state index in [1.165, 1.54) is 24.0 Å². The molecule has 0 radical (unpaired) electrons. The number of hydrogen-bond acceptors (Lipinski definition) is 3. The van der Waals surface area contributed by atoms with Gasteiger partial charge < -0.3 is 10.0 Å². The van der Waals surface area contributed by atoms with Gasteiger partial charge in [0.2, 0.25) is 0 Å². The van der Waals surface area contributed by atoms with Crippen LogP contribution < -0.4 is 4.90 Å². The zero-order valence-corrected chi connectivity index (χ0v) is 13.7. The molecule has 2 aromatic rings. The average Bonchev–Trinajstić information content (AvgIpc) is 3.06. The molecule has 0 amide bonds. The second-order valence-corrected chi connectivity index (χ2v) is 6.71. The number of rotatable bonds is 3. The molecule has 1 aliphatic carbocycles. The highest BCUT2D eigenvalue weighted by molar-refractivity contribution is 5.88. The maximum atomic E-state index is 11.0. The van der Waals surface area contributed by atoms with Crippen LogP contribution >= 0.6 is 0 Å². The molecule has 1 heterocycles. The predicted molar refractivity (Wildman–Crippen MR) is 94.8 cm³/mol. The number of carboxylic acids is 1. The van der Waals surface area contributed by atoms with E-state index < -0.39 is 5.97 Å². The Bertz CT molecular complexity index is 709. The second kappa shape index (κ2) is 6.29. The van der Waals surface area contributed by atoms with Crippen LogP contribution in [0.2, 0.25) is 0 Å². The number of hydrogen-bond donors (Lipinski definition) is 1. The van der Waals surface area contributed by atoms with Gasteiger partial charge in [0.25, 0.3) is 0 Å². The summed E-state index contributed by atoms with van der Waals surface area (Å²) in [5.74, 6) is -0.868. The summed E-state index contributed by atoms with van der Waals surface area (Å²) < 4.78 is 0. The zero-order chi connectivity index (χ0) is 16.5. The number of benzene rings is 2. The molecule has 1 fully saturated rings. The number of aromatic carboxylic acids is 1. The van der Waals surface area contributed by atoms with Gasteiger partial charge in [-0.1, -0.05) is 24.3 Å². The Balaban J connectivity index is 1.36. The molecule has 4 heteroatoms. The Morgan fingerprint density at radius 1 is 0.875 bits per heavy atom. The number of anilines is 1. The smallest absolute Gasteiger partial charge is 0.335 e. The van der Waals surface area contributed by atoms with Crippen molar-refractivity contribution in [2.75, 3.05) is 31.1 Å². The molecule has 0 saturated carbocycles. The standard InChI is InChI=1S/C20H22N2O2/c23-20(24)15-5-7-18(8-6-15)21-9-11-22(12-10-21)19-13-16-3-1-2-4-17(16)14-19/h1-8,19H,9-14H2,(H,23,24). The van der Waals surface area contributed by atoms with Crippen LogP contribution in [0.3, 0.4) is 0 Å². The maximum Gasteiger partial charge on any atom is 0.335 e. The second-order valence-electron chi connectivity index (χ2n) is 6.71. The third-order valence-electron chi connectivity index (χ3n) is 5.34. The van der Waals surface area contributed by atoms with Gasteiger partial charge in [-0.3, -0.25) is 4.90 Å². The van der Waals surface area contributed by atoms with E-state index in [1.54, 1.807) is 12.1 Å². The Hall–Kier alpha value is -2.33. The van der Waals surface area contributed by atoms with Gasteiger partial charge in [-0.25, -0.2) is 4.79 Å². The minimum atomic E-state index is -0.868. The van der Waals surface area contributed by atoms with Crippen molar-refractivity contribution in [3.8, 4) is 0 Å². The summed E-state index contributed by atoms with van der Waals surface area (Å²) in [6.45, 7) is 4.14. The van der Waals surface area contributed by atoms with Crippen LogP contribution in [0.4, 0.5) is 5.69 Å². The first-order valence-electron chi connectivity index (χ1n) is 8.60. The summed E-state index contributed by atoms with van der Waals surface area (Å²) >= 11 is 0. The Morgan fingerprint density at radius 3 is 2.00 bits per heavy atom. The van der Waals surface area contributed by atoms with Crippen LogP contribution in [0, 0.1) is 0 Å². The lowest BCUT2D eigenvalue weighted by molar-refractivity contribution is 0.0697. The van der Waals surface area contributed by atoms with Gasteiger partial charge >= 0.3 is 5.97 Å². The molecule has 4 rings (SSSR count). The molecule has 24 heavy (non-hydrogen) atoms. The van der Waals surface area contributed by atoms with Gasteiger partial charge in [-0.15, -0.1) is 0 Å². The fourth-order valence-electron chi connectivity index (χ4n) is 3.95. The van der Waals surface area contributed by atoms with Crippen molar-refractivity contribution in [2.45, 2.75) is 18.9 Å². The molecular weight excluding hydrogens is 300 g/mol. The molecule has 0 bridgehead atoms. The average molecular weight is 322 g/mol. The van der Waals surface area contributed by atoms with E-state index in [4.69, 9.17) is 5.11 Å². The number of fused-ring (bicyclic) bond motifs is 1. The topological polar surface area (TPSA) is 43.8 Å². The number of piperazine rings is 1. The van der Waals surface area contributed by atoms with Crippen LogP contribution in [0.1, 0.15) is 21.5 Å². The van der Waals surface area contributed by atoms with E-state index in [0.717, 1.165) is 31.9 Å². The highest BCUT2D eigenvalue weighted by Crippen LogP contribution is 2.27. The number of carbonyl (C=O) groups is 1. The van der Waals surface area contributed by atoms with Gasteiger partial charge in [0, 0.05) is 37.9 Å². The molecule has 2 aliphatic rings. The first-order valence-corrected chi connectivity index (χ1v) is 8.60. The Morgan fingerprint density at radius 2 is 1.46 bits per heavy atom. The molecule has 0 unspecified atom stereocenters. The number of carboxylic acid groups (broad SMARTS) is 1. The Kier molecular flexibility index (Phi) is 3.98. The molecule has 124 valence electrons. The minimum absolute atomic E-state index is 0.348. The number of nitrogens with zero attached hydrogens (tertiary/aromatic N) is 2. The first kappa shape index (κ1) is 15.2. The molecule has 4 nitrogen and oxygen atoms in total. The van der Waals surface area contributed by atoms with Crippen molar-refractivity contribution in [3.63, 3.8) is 0 Å². The largest absolute Gasteiger partial charge is 0.478 e. The summed E-state index contributed by atoms with van der Waals surface area (Å²) in [6, 6.07) is 16.7. The lowest BCUT2D eigenvalue weighted by Gasteiger charge is -2.39. The van der Waals surface area contributed by atoms with E-state index >= 15 is 0 Å². The van der Waals surface area contributed by atoms with Crippen LogP contribution in [0.25, 0.3) is 0 Å². The van der Waals surface area contributed by atoms with E-state index in [0.29, 0.717) is 11.6 Å². The summed E-state index contributed by atoms with van der Waals surface area (Å²) in [5, 5.41) is 9.00. The fraction of sp³-hybridized carbons (Fsp3) is 0.350. The lowest BCUT2D eigenvalue weighted by Crippen LogP contribution is -2.50. The van der Waals surface area contributed by atoms with E-state index in [1.807, 2.05) is 12.1 Å². The van der Waals surface area contributed by atoms with E-state index in [9.17, 15) is 4.79 Å². The van der Waals surface area contributed by atoms with Crippen LogP contribution in [0.15, 0.2) is 48.5 Å². The molecular formula is C20H22N2O2. The van der Waals surface area contributed by atoms with Gasteiger partial charge in [0.05, 0.1) is 5.56 Å². The fourth-order valence-corrected chi connectivity index (χ4v) is 3.95. The van der Waals surface area contributed by atoms with Gasteiger partial charge in [0.1, 0.15) is 0 Å². The first-order chi connectivity index (χ1) is 11.7. The monoisotopic (exact) mass is 322 g/mol. The van der Waals surface area contributed by atoms with Gasteiger partial charge in [0.15, 0.2) is 0 Å². The highest BCUT2D eigenvalue weighted by atomic mass is 16.4. The molecule has 0 atom stereocenters. The molecule has 0 aromatic heterocycles. The summed E-state index contributed by atoms with van der Waals surface area (Å²) in [4.78, 5) is 15.9.